The van der Waals surface area contributed by atoms with Crippen molar-refractivity contribution in [3.8, 4) is 0 Å². The zero-order valence-electron chi connectivity index (χ0n) is 9.19. The van der Waals surface area contributed by atoms with Crippen LogP contribution in [-0.2, 0) is 15.1 Å². The number of imide groups is 1. The quantitative estimate of drug-likeness (QED) is 0.639. The Balaban J connectivity index is 2.29. The molecule has 0 aliphatic carbocycles. The van der Waals surface area contributed by atoms with Gasteiger partial charge >= 0.3 is 0 Å². The minimum absolute atomic E-state index is 0.00505. The lowest BCUT2D eigenvalue weighted by atomic mass is 9.88. The van der Waals surface area contributed by atoms with Crippen LogP contribution in [0.25, 0.3) is 0 Å². The van der Waals surface area contributed by atoms with Gasteiger partial charge in [0.15, 0.2) is 5.54 Å². The summed E-state index contributed by atoms with van der Waals surface area (Å²) in [5.41, 5.74) is -0.0131. The maximum Gasteiger partial charge on any atom is 0.257 e. The van der Waals surface area contributed by atoms with Crippen LogP contribution in [0.3, 0.4) is 0 Å². The summed E-state index contributed by atoms with van der Waals surface area (Å²) in [7, 11) is 1.56. The zero-order chi connectivity index (χ0) is 12.2. The van der Waals surface area contributed by atoms with Gasteiger partial charge in [0.05, 0.1) is 6.42 Å². The van der Waals surface area contributed by atoms with Crippen LogP contribution in [0.15, 0.2) is 24.3 Å². The number of benzene rings is 1. The number of fused-ring (bicyclic) bond motifs is 2. The van der Waals surface area contributed by atoms with Gasteiger partial charge in [-0.2, -0.15) is 0 Å². The van der Waals surface area contributed by atoms with Gasteiger partial charge in [-0.25, -0.2) is 0 Å². The summed E-state index contributed by atoms with van der Waals surface area (Å²) in [6.45, 7) is 0. The van der Waals surface area contributed by atoms with E-state index in [1.54, 1.807) is 31.3 Å². The van der Waals surface area contributed by atoms with E-state index < -0.39 is 11.4 Å². The first kappa shape index (κ1) is 10.0. The van der Waals surface area contributed by atoms with Crippen molar-refractivity contribution in [3.63, 3.8) is 0 Å². The van der Waals surface area contributed by atoms with Crippen LogP contribution >= 0.6 is 0 Å². The van der Waals surface area contributed by atoms with Crippen molar-refractivity contribution >= 4 is 17.7 Å². The van der Waals surface area contributed by atoms with Crippen LogP contribution in [0.1, 0.15) is 22.3 Å². The minimum Gasteiger partial charge on any atom is -0.323 e. The third kappa shape index (κ3) is 1.01. The van der Waals surface area contributed by atoms with E-state index in [0.29, 0.717) is 11.1 Å². The first-order valence-corrected chi connectivity index (χ1v) is 5.29. The molecule has 2 heterocycles. The van der Waals surface area contributed by atoms with Crippen LogP contribution in [-0.4, -0.2) is 29.7 Å². The zero-order valence-corrected chi connectivity index (χ0v) is 9.19. The molecular formula is C12H10N2O3. The summed E-state index contributed by atoms with van der Waals surface area (Å²) >= 11 is 0. The predicted molar refractivity (Wildman–Crippen MR) is 58.0 cm³/mol. The van der Waals surface area contributed by atoms with Gasteiger partial charge in [-0.1, -0.05) is 18.2 Å². The van der Waals surface area contributed by atoms with Gasteiger partial charge in [0.25, 0.3) is 11.8 Å². The lowest BCUT2D eigenvalue weighted by Crippen LogP contribution is -2.46. The van der Waals surface area contributed by atoms with Crippen molar-refractivity contribution in [3.05, 3.63) is 35.4 Å². The average Bonchev–Trinajstić information content (AvgIpc) is 2.72. The third-order valence-electron chi connectivity index (χ3n) is 3.53. The van der Waals surface area contributed by atoms with Crippen LogP contribution in [0, 0.1) is 0 Å². The number of rotatable bonds is 0. The van der Waals surface area contributed by atoms with Gasteiger partial charge in [0, 0.05) is 18.2 Å². The maximum atomic E-state index is 12.0. The highest BCUT2D eigenvalue weighted by molar-refractivity contribution is 6.15. The van der Waals surface area contributed by atoms with Crippen molar-refractivity contribution in [2.24, 2.45) is 0 Å². The second-order valence-electron chi connectivity index (χ2n) is 4.32. The van der Waals surface area contributed by atoms with Gasteiger partial charge in [-0.15, -0.1) is 0 Å². The first-order chi connectivity index (χ1) is 8.07. The van der Waals surface area contributed by atoms with Crippen molar-refractivity contribution in [1.82, 2.24) is 10.2 Å². The minimum atomic E-state index is -1.13. The van der Waals surface area contributed by atoms with Crippen LogP contribution < -0.4 is 5.32 Å². The van der Waals surface area contributed by atoms with Crippen LogP contribution in [0.2, 0.25) is 0 Å². The molecule has 1 aromatic carbocycles. The molecule has 0 saturated carbocycles. The monoisotopic (exact) mass is 230 g/mol. The molecule has 1 spiro atoms. The summed E-state index contributed by atoms with van der Waals surface area (Å²) in [6, 6.07) is 6.93. The normalized spacial score (nSPS) is 26.6. The van der Waals surface area contributed by atoms with Gasteiger partial charge in [-0.05, 0) is 6.07 Å². The van der Waals surface area contributed by atoms with Crippen molar-refractivity contribution in [2.45, 2.75) is 12.0 Å². The number of nitrogens with zero attached hydrogens (tertiary/aromatic N) is 1. The number of carbonyl (C=O) groups is 3. The molecule has 1 fully saturated rings. The Hall–Kier alpha value is -2.17. The summed E-state index contributed by atoms with van der Waals surface area (Å²) < 4.78 is 0. The number of hydrogen-bond acceptors (Lipinski definition) is 3. The Morgan fingerprint density at radius 3 is 2.59 bits per heavy atom. The largest absolute Gasteiger partial charge is 0.323 e. The van der Waals surface area contributed by atoms with E-state index in [-0.39, 0.29) is 18.2 Å². The van der Waals surface area contributed by atoms with E-state index in [0.717, 1.165) is 0 Å². The summed E-state index contributed by atoms with van der Waals surface area (Å²) in [4.78, 5) is 36.8. The molecule has 17 heavy (non-hydrogen) atoms. The second kappa shape index (κ2) is 2.94. The highest BCUT2D eigenvalue weighted by atomic mass is 16.2. The molecule has 2 aliphatic heterocycles. The van der Waals surface area contributed by atoms with E-state index in [9.17, 15) is 14.4 Å². The lowest BCUT2D eigenvalue weighted by molar-refractivity contribution is -0.128. The molecule has 2 aliphatic rings. The topological polar surface area (TPSA) is 66.5 Å². The highest BCUT2D eigenvalue weighted by Crippen LogP contribution is 2.43. The van der Waals surface area contributed by atoms with Gasteiger partial charge in [-0.3, -0.25) is 19.7 Å². The Morgan fingerprint density at radius 2 is 1.94 bits per heavy atom. The number of amides is 3. The first-order valence-electron chi connectivity index (χ1n) is 5.29. The highest BCUT2D eigenvalue weighted by Gasteiger charge is 2.58. The number of nitrogens with one attached hydrogen (secondary N) is 1. The third-order valence-corrected chi connectivity index (χ3v) is 3.53. The molecular weight excluding hydrogens is 220 g/mol. The molecule has 3 amide bonds. The van der Waals surface area contributed by atoms with Crippen LogP contribution in [0.5, 0.6) is 0 Å². The molecule has 5 nitrogen and oxygen atoms in total. The van der Waals surface area contributed by atoms with Crippen molar-refractivity contribution < 1.29 is 14.4 Å². The molecule has 1 N–H and O–H groups in total. The fourth-order valence-electron chi connectivity index (χ4n) is 2.64. The Bertz CT molecular complexity index is 567. The molecule has 0 radical (unpaired) electrons. The van der Waals surface area contributed by atoms with E-state index in [4.69, 9.17) is 0 Å². The standard InChI is InChI=1S/C12H10N2O3/c1-14-10(16)7-4-2-3-5-8(7)12(14)6-9(15)13-11(12)17/h2-5H,6H2,1H3,(H,13,15,17)/t12-/m0/s1. The molecule has 0 aromatic heterocycles. The van der Waals surface area contributed by atoms with Crippen molar-refractivity contribution in [2.75, 3.05) is 7.05 Å². The van der Waals surface area contributed by atoms with Gasteiger partial charge < -0.3 is 4.90 Å². The fourth-order valence-corrected chi connectivity index (χ4v) is 2.64. The summed E-state index contributed by atoms with van der Waals surface area (Å²) in [5, 5.41) is 2.27. The van der Waals surface area contributed by atoms with E-state index in [1.807, 2.05) is 0 Å². The van der Waals surface area contributed by atoms with Crippen LogP contribution in [0.4, 0.5) is 0 Å². The Labute approximate surface area is 97.4 Å². The van der Waals surface area contributed by atoms with Gasteiger partial charge in [0.1, 0.15) is 0 Å². The SMILES string of the molecule is CN1C(=O)c2ccccc2[C@]12CC(=O)NC2=O. The second-order valence-corrected chi connectivity index (χ2v) is 4.32. The summed E-state index contributed by atoms with van der Waals surface area (Å²) in [6.07, 6.45) is 0.00505. The number of likely N-dealkylation sites (N-methyl/N-ethyl adjacent to an activating group) is 1. The molecule has 0 bridgehead atoms. The summed E-state index contributed by atoms with van der Waals surface area (Å²) in [5.74, 6) is -0.972. The molecule has 86 valence electrons. The van der Waals surface area contributed by atoms with Crippen molar-refractivity contribution in [1.29, 1.82) is 0 Å². The smallest absolute Gasteiger partial charge is 0.257 e. The molecule has 1 aromatic rings. The molecule has 3 rings (SSSR count). The molecule has 1 saturated heterocycles. The molecule has 0 unspecified atom stereocenters. The lowest BCUT2D eigenvalue weighted by Gasteiger charge is -2.28. The average molecular weight is 230 g/mol. The van der Waals surface area contributed by atoms with E-state index in [2.05, 4.69) is 5.32 Å². The fraction of sp³-hybridized carbons (Fsp3) is 0.250. The number of carbonyl (C=O) groups excluding carboxylic acids is 3. The predicted octanol–water partition coefficient (Wildman–Crippen LogP) is 0.0140. The number of hydrogen-bond donors (Lipinski definition) is 1. The molecule has 1 atom stereocenters. The maximum absolute atomic E-state index is 12.0. The van der Waals surface area contributed by atoms with E-state index in [1.165, 1.54) is 4.90 Å². The van der Waals surface area contributed by atoms with Gasteiger partial charge in [0.2, 0.25) is 5.91 Å². The molecule has 5 heteroatoms. The Kier molecular flexibility index (Phi) is 1.73. The Morgan fingerprint density at radius 1 is 1.24 bits per heavy atom. The van der Waals surface area contributed by atoms with E-state index >= 15 is 0 Å².